The summed E-state index contributed by atoms with van der Waals surface area (Å²) in [6.45, 7) is 10.9. The van der Waals surface area contributed by atoms with Crippen molar-refractivity contribution in [1.29, 1.82) is 0 Å². The van der Waals surface area contributed by atoms with Crippen LogP contribution in [0.1, 0.15) is 65.1 Å². The number of carbonyl (C=O) groups is 3. The van der Waals surface area contributed by atoms with Crippen LogP contribution in [0.3, 0.4) is 0 Å². The predicted octanol–water partition coefficient (Wildman–Crippen LogP) is 5.20. The van der Waals surface area contributed by atoms with Crippen LogP contribution in [0.4, 0.5) is 10.5 Å². The zero-order valence-corrected chi connectivity index (χ0v) is 24.6. The summed E-state index contributed by atoms with van der Waals surface area (Å²) < 4.78 is 10.6. The Morgan fingerprint density at radius 3 is 2.08 bits per heavy atom. The zero-order chi connectivity index (χ0) is 29.4. The number of hydrogen-bond donors (Lipinski definition) is 3. The van der Waals surface area contributed by atoms with E-state index in [-0.39, 0.29) is 5.75 Å². The molecule has 2 aromatic carbocycles. The Morgan fingerprint density at radius 1 is 1.03 bits per heavy atom. The van der Waals surface area contributed by atoms with E-state index in [1.54, 1.807) is 76.4 Å². The van der Waals surface area contributed by atoms with E-state index in [4.69, 9.17) is 15.9 Å². The van der Waals surface area contributed by atoms with Crippen molar-refractivity contribution in [3.05, 3.63) is 59.7 Å². The van der Waals surface area contributed by atoms with Gasteiger partial charge in [0.25, 0.3) is 5.91 Å². The minimum Gasteiger partial charge on any atom is -0.497 e. The van der Waals surface area contributed by atoms with Crippen molar-refractivity contribution < 1.29 is 23.9 Å². The van der Waals surface area contributed by atoms with Crippen molar-refractivity contribution in [2.45, 2.75) is 71.2 Å². The predicted molar refractivity (Wildman–Crippen MR) is 157 cm³/mol. The van der Waals surface area contributed by atoms with Gasteiger partial charge in [-0.05, 0) is 83.0 Å². The van der Waals surface area contributed by atoms with Crippen molar-refractivity contribution in [3.63, 3.8) is 0 Å². The largest absolute Gasteiger partial charge is 0.497 e. The summed E-state index contributed by atoms with van der Waals surface area (Å²) in [5.74, 6) is 2.30. The lowest BCUT2D eigenvalue weighted by atomic mass is 9.91. The Kier molecular flexibility index (Phi) is 10.9. The van der Waals surface area contributed by atoms with Crippen molar-refractivity contribution >= 4 is 36.2 Å². The molecule has 2 rings (SSSR count). The Hall–Kier alpha value is -3.64. The molecule has 0 aliphatic rings. The molecule has 0 aromatic heterocycles. The van der Waals surface area contributed by atoms with Gasteiger partial charge in [0, 0.05) is 22.5 Å². The summed E-state index contributed by atoms with van der Waals surface area (Å²) >= 11 is 4.34. The molecule has 0 heterocycles. The van der Waals surface area contributed by atoms with Crippen LogP contribution in [0.2, 0.25) is 0 Å². The number of amides is 3. The smallest absolute Gasteiger partial charge is 0.408 e. The van der Waals surface area contributed by atoms with Crippen molar-refractivity contribution in [2.75, 3.05) is 18.2 Å². The average molecular weight is 554 g/mol. The quantitative estimate of drug-likeness (QED) is 0.278. The van der Waals surface area contributed by atoms with E-state index in [1.807, 2.05) is 20.8 Å². The molecule has 0 fully saturated rings. The third-order valence-electron chi connectivity index (χ3n) is 6.18. The highest BCUT2D eigenvalue weighted by Crippen LogP contribution is 2.33. The van der Waals surface area contributed by atoms with Crippen LogP contribution in [0.5, 0.6) is 5.75 Å². The molecule has 3 amide bonds. The fourth-order valence-electron chi connectivity index (χ4n) is 3.81. The normalized spacial score (nSPS) is 12.9. The van der Waals surface area contributed by atoms with Crippen molar-refractivity contribution in [3.8, 4) is 18.1 Å². The summed E-state index contributed by atoms with van der Waals surface area (Å²) in [5, 5.41) is 5.55. The zero-order valence-electron chi connectivity index (χ0n) is 23.7. The van der Waals surface area contributed by atoms with Gasteiger partial charge in [-0.3, -0.25) is 9.59 Å². The molecule has 0 saturated heterocycles. The van der Waals surface area contributed by atoms with E-state index in [1.165, 1.54) is 4.90 Å². The van der Waals surface area contributed by atoms with Crippen LogP contribution in [0.25, 0.3) is 0 Å². The first-order valence-corrected chi connectivity index (χ1v) is 13.3. The van der Waals surface area contributed by atoms with Crippen LogP contribution >= 0.6 is 12.6 Å². The fraction of sp³-hybridized carbons (Fsp3) is 0.433. The third-order valence-corrected chi connectivity index (χ3v) is 6.55. The molecule has 2 unspecified atom stereocenters. The lowest BCUT2D eigenvalue weighted by Crippen LogP contribution is -2.59. The molecule has 2 atom stereocenters. The Bertz CT molecular complexity index is 1180. The minimum atomic E-state index is -1.05. The SMILES string of the molecule is C#Cc1ccc(C(C(=O)Nc2ccc(OC)cc2)N(C(=O)C(CS)NC(=O)OC(C)(C)C)C(C)(C)CC)cc1. The Morgan fingerprint density at radius 2 is 1.62 bits per heavy atom. The number of ether oxygens (including phenoxy) is 2. The molecule has 8 nitrogen and oxygen atoms in total. The maximum atomic E-state index is 14.1. The summed E-state index contributed by atoms with van der Waals surface area (Å²) in [5.41, 5.74) is 0.188. The molecular formula is C30H39N3O5S. The van der Waals surface area contributed by atoms with E-state index < -0.39 is 41.1 Å². The molecule has 0 spiro atoms. The first-order chi connectivity index (χ1) is 18.3. The van der Waals surface area contributed by atoms with Gasteiger partial charge < -0.3 is 25.0 Å². The second-order valence-electron chi connectivity index (χ2n) is 10.6. The van der Waals surface area contributed by atoms with Gasteiger partial charge in [0.1, 0.15) is 23.4 Å². The second-order valence-corrected chi connectivity index (χ2v) is 11.0. The highest BCUT2D eigenvalue weighted by molar-refractivity contribution is 7.80. The monoisotopic (exact) mass is 553 g/mol. The number of terminal acetylenes is 1. The van der Waals surface area contributed by atoms with Crippen LogP contribution in [0.15, 0.2) is 48.5 Å². The number of carbonyl (C=O) groups excluding carboxylic acids is 3. The number of methoxy groups -OCH3 is 1. The number of alkyl carbamates (subject to hydrolysis) is 1. The van der Waals surface area contributed by atoms with Gasteiger partial charge in [0.2, 0.25) is 5.91 Å². The number of benzene rings is 2. The minimum absolute atomic E-state index is 0.00276. The summed E-state index contributed by atoms with van der Waals surface area (Å²) in [6, 6.07) is 11.7. The maximum Gasteiger partial charge on any atom is 0.408 e. The van der Waals surface area contributed by atoms with E-state index in [2.05, 4.69) is 29.2 Å². The van der Waals surface area contributed by atoms with E-state index in [0.29, 0.717) is 29.0 Å². The van der Waals surface area contributed by atoms with E-state index in [0.717, 1.165) is 0 Å². The number of hydrogen-bond acceptors (Lipinski definition) is 6. The molecule has 39 heavy (non-hydrogen) atoms. The molecule has 0 radical (unpaired) electrons. The van der Waals surface area contributed by atoms with Crippen LogP contribution < -0.4 is 15.4 Å². The molecule has 0 saturated carbocycles. The van der Waals surface area contributed by atoms with Gasteiger partial charge in [-0.15, -0.1) is 6.42 Å². The fourth-order valence-corrected chi connectivity index (χ4v) is 4.06. The lowest BCUT2D eigenvalue weighted by Gasteiger charge is -2.44. The summed E-state index contributed by atoms with van der Waals surface area (Å²) in [6.07, 6.45) is 5.32. The van der Waals surface area contributed by atoms with Gasteiger partial charge in [-0.25, -0.2) is 4.79 Å². The first-order valence-electron chi connectivity index (χ1n) is 12.7. The van der Waals surface area contributed by atoms with Gasteiger partial charge in [-0.2, -0.15) is 12.6 Å². The number of thiol groups is 1. The number of rotatable bonds is 10. The number of nitrogens with zero attached hydrogens (tertiary/aromatic N) is 1. The molecular weight excluding hydrogens is 514 g/mol. The van der Waals surface area contributed by atoms with Crippen molar-refractivity contribution in [2.24, 2.45) is 0 Å². The molecule has 0 bridgehead atoms. The van der Waals surface area contributed by atoms with Crippen LogP contribution in [-0.4, -0.2) is 52.9 Å². The first kappa shape index (κ1) is 31.6. The Balaban J connectivity index is 2.58. The topological polar surface area (TPSA) is 97.0 Å². The second kappa shape index (κ2) is 13.4. The van der Waals surface area contributed by atoms with E-state index in [9.17, 15) is 14.4 Å². The molecule has 2 N–H and O–H groups in total. The van der Waals surface area contributed by atoms with Crippen molar-refractivity contribution in [1.82, 2.24) is 10.2 Å². The molecule has 0 aliphatic carbocycles. The van der Waals surface area contributed by atoms with Gasteiger partial charge >= 0.3 is 6.09 Å². The molecule has 9 heteroatoms. The third kappa shape index (κ3) is 8.69. The highest BCUT2D eigenvalue weighted by atomic mass is 32.1. The average Bonchev–Trinajstić information content (AvgIpc) is 2.89. The van der Waals surface area contributed by atoms with Gasteiger partial charge in [0.05, 0.1) is 7.11 Å². The molecule has 0 aliphatic heterocycles. The van der Waals surface area contributed by atoms with Gasteiger partial charge in [-0.1, -0.05) is 25.0 Å². The van der Waals surface area contributed by atoms with Crippen LogP contribution in [-0.2, 0) is 14.3 Å². The number of nitrogens with one attached hydrogen (secondary N) is 2. The lowest BCUT2D eigenvalue weighted by molar-refractivity contribution is -0.147. The maximum absolute atomic E-state index is 14.1. The summed E-state index contributed by atoms with van der Waals surface area (Å²) in [7, 11) is 1.56. The highest BCUT2D eigenvalue weighted by Gasteiger charge is 2.43. The van der Waals surface area contributed by atoms with E-state index >= 15 is 0 Å². The standard InChI is InChI=1S/C30H39N3O5S/c1-9-20-11-13-21(14-12-20)25(26(34)31-22-15-17-23(37-8)18-16-22)33(30(6,7)10-2)27(35)24(19-39)32-28(36)38-29(3,4)5/h1,11-18,24-25,39H,10,19H2,2-8H3,(H,31,34)(H,32,36). The number of anilines is 1. The summed E-state index contributed by atoms with van der Waals surface area (Å²) in [4.78, 5) is 42.2. The Labute approximate surface area is 237 Å². The van der Waals surface area contributed by atoms with Gasteiger partial charge in [0.15, 0.2) is 0 Å². The van der Waals surface area contributed by atoms with Crippen LogP contribution in [0, 0.1) is 12.3 Å². The molecule has 210 valence electrons. The molecule has 2 aromatic rings.